The molecule has 12 heavy (non-hydrogen) atoms. The molecule has 2 aromatic rings. The first kappa shape index (κ1) is 7.50. The summed E-state index contributed by atoms with van der Waals surface area (Å²) in [5.74, 6) is 0.233. The normalized spacial score (nSPS) is 10.4. The maximum absolute atomic E-state index is 9.34. The van der Waals surface area contributed by atoms with Crippen LogP contribution >= 0.6 is 12.6 Å². The first-order chi connectivity index (χ1) is 5.79. The Balaban J connectivity index is 2.91. The lowest BCUT2D eigenvalue weighted by molar-refractivity contribution is 0.464. The second kappa shape index (κ2) is 2.72. The lowest BCUT2D eigenvalue weighted by Gasteiger charge is -2.02. The number of hydrogen-bond donors (Lipinski definition) is 2. The van der Waals surface area contributed by atoms with Gasteiger partial charge in [0.1, 0.15) is 5.75 Å². The van der Waals surface area contributed by atoms with Crippen LogP contribution in [0.25, 0.3) is 10.8 Å². The van der Waals surface area contributed by atoms with E-state index in [2.05, 4.69) is 12.6 Å². The van der Waals surface area contributed by atoms with Crippen LogP contribution in [0.2, 0.25) is 0 Å². The molecule has 2 rings (SSSR count). The first-order valence-electron chi connectivity index (χ1n) is 3.69. The van der Waals surface area contributed by atoms with Crippen molar-refractivity contribution < 1.29 is 5.11 Å². The van der Waals surface area contributed by atoms with Gasteiger partial charge in [-0.1, -0.05) is 30.3 Å². The summed E-state index contributed by atoms with van der Waals surface area (Å²) >= 11 is 4.21. The number of thiol groups is 1. The summed E-state index contributed by atoms with van der Waals surface area (Å²) < 4.78 is 0. The third-order valence-electron chi connectivity index (χ3n) is 1.88. The van der Waals surface area contributed by atoms with Gasteiger partial charge in [-0.25, -0.2) is 0 Å². The van der Waals surface area contributed by atoms with Crippen molar-refractivity contribution in [2.45, 2.75) is 4.90 Å². The fourth-order valence-corrected chi connectivity index (χ4v) is 1.52. The smallest absolute Gasteiger partial charge is 0.129 e. The molecule has 60 valence electrons. The molecule has 0 aliphatic heterocycles. The monoisotopic (exact) mass is 176 g/mol. The minimum Gasteiger partial charge on any atom is -0.507 e. The molecule has 0 aromatic heterocycles. The molecule has 0 unspecified atom stereocenters. The highest BCUT2D eigenvalue weighted by Gasteiger charge is 2.00. The molecule has 1 nitrogen and oxygen atoms in total. The van der Waals surface area contributed by atoms with Crippen LogP contribution in [0.3, 0.4) is 0 Å². The molecule has 0 spiro atoms. The predicted molar refractivity (Wildman–Crippen MR) is 52.9 cm³/mol. The Bertz CT molecular complexity index is 423. The summed E-state index contributed by atoms with van der Waals surface area (Å²) in [6, 6.07) is 11.4. The van der Waals surface area contributed by atoms with Crippen LogP contribution in [-0.4, -0.2) is 5.11 Å². The molecule has 0 aliphatic carbocycles. The number of aromatic hydroxyl groups is 1. The van der Waals surface area contributed by atoms with Gasteiger partial charge in [-0.3, -0.25) is 0 Å². The molecule has 0 aliphatic rings. The van der Waals surface area contributed by atoms with Crippen molar-refractivity contribution in [3.8, 4) is 5.75 Å². The predicted octanol–water partition coefficient (Wildman–Crippen LogP) is 2.83. The summed E-state index contributed by atoms with van der Waals surface area (Å²) in [5.41, 5.74) is 0. The minimum absolute atomic E-state index is 0.233. The lowest BCUT2D eigenvalue weighted by atomic mass is 10.1. The van der Waals surface area contributed by atoms with Gasteiger partial charge in [0.25, 0.3) is 0 Å². The van der Waals surface area contributed by atoms with E-state index in [0.29, 0.717) is 4.90 Å². The maximum atomic E-state index is 9.34. The molecule has 0 saturated heterocycles. The van der Waals surface area contributed by atoms with Gasteiger partial charge in [0, 0.05) is 0 Å². The molecule has 2 aromatic carbocycles. The van der Waals surface area contributed by atoms with Crippen molar-refractivity contribution in [2.24, 2.45) is 0 Å². The topological polar surface area (TPSA) is 20.2 Å². The molecule has 1 N–H and O–H groups in total. The Kier molecular flexibility index (Phi) is 1.70. The van der Waals surface area contributed by atoms with E-state index >= 15 is 0 Å². The lowest BCUT2D eigenvalue weighted by Crippen LogP contribution is -1.74. The highest BCUT2D eigenvalue weighted by atomic mass is 32.1. The minimum atomic E-state index is 0.233. The third-order valence-corrected chi connectivity index (χ3v) is 2.35. The molecule has 2 heteroatoms. The number of phenols is 1. The van der Waals surface area contributed by atoms with Crippen molar-refractivity contribution in [1.29, 1.82) is 0 Å². The Morgan fingerprint density at radius 2 is 1.75 bits per heavy atom. The van der Waals surface area contributed by atoms with Crippen LogP contribution in [0, 0.1) is 0 Å². The van der Waals surface area contributed by atoms with E-state index in [-0.39, 0.29) is 5.75 Å². The third kappa shape index (κ3) is 1.04. The standard InChI is InChI=1S/C10H8OS/c11-9-6-5-7-3-1-2-4-8(7)10(9)12/h1-6,11-12H. The molecule has 0 heterocycles. The Hall–Kier alpha value is -1.15. The van der Waals surface area contributed by atoms with E-state index in [1.807, 2.05) is 30.3 Å². The average Bonchev–Trinajstić information content (AvgIpc) is 2.12. The van der Waals surface area contributed by atoms with Crippen molar-refractivity contribution >= 4 is 23.4 Å². The molecular formula is C10H8OS. The number of rotatable bonds is 0. The molecule has 0 amide bonds. The Morgan fingerprint density at radius 3 is 2.58 bits per heavy atom. The number of phenolic OH excluding ortho intramolecular Hbond substituents is 1. The molecule has 0 bridgehead atoms. The Labute approximate surface area is 76.1 Å². The van der Waals surface area contributed by atoms with E-state index in [4.69, 9.17) is 0 Å². The molecule has 0 radical (unpaired) electrons. The number of benzene rings is 2. The van der Waals surface area contributed by atoms with Crippen molar-refractivity contribution in [2.75, 3.05) is 0 Å². The van der Waals surface area contributed by atoms with Crippen LogP contribution in [-0.2, 0) is 0 Å². The fourth-order valence-electron chi connectivity index (χ4n) is 1.24. The molecule has 0 saturated carbocycles. The van der Waals surface area contributed by atoms with Gasteiger partial charge in [0.15, 0.2) is 0 Å². The van der Waals surface area contributed by atoms with E-state index in [1.165, 1.54) is 0 Å². The number of fused-ring (bicyclic) bond motifs is 1. The van der Waals surface area contributed by atoms with Crippen LogP contribution in [0.4, 0.5) is 0 Å². The van der Waals surface area contributed by atoms with Gasteiger partial charge in [-0.2, -0.15) is 0 Å². The zero-order valence-electron chi connectivity index (χ0n) is 6.36. The molecule has 0 fully saturated rings. The van der Waals surface area contributed by atoms with Gasteiger partial charge in [-0.15, -0.1) is 12.6 Å². The van der Waals surface area contributed by atoms with Crippen molar-refractivity contribution in [3.05, 3.63) is 36.4 Å². The van der Waals surface area contributed by atoms with E-state index < -0.39 is 0 Å². The van der Waals surface area contributed by atoms with Gasteiger partial charge in [-0.05, 0) is 16.8 Å². The molecular weight excluding hydrogens is 168 g/mol. The van der Waals surface area contributed by atoms with E-state index in [9.17, 15) is 5.11 Å². The largest absolute Gasteiger partial charge is 0.507 e. The van der Waals surface area contributed by atoms with Crippen LogP contribution < -0.4 is 0 Å². The van der Waals surface area contributed by atoms with Gasteiger partial charge < -0.3 is 5.11 Å². The zero-order chi connectivity index (χ0) is 8.55. The summed E-state index contributed by atoms with van der Waals surface area (Å²) in [7, 11) is 0. The summed E-state index contributed by atoms with van der Waals surface area (Å²) in [4.78, 5) is 0.646. The quantitative estimate of drug-likeness (QED) is 0.591. The second-order valence-electron chi connectivity index (χ2n) is 2.65. The summed E-state index contributed by atoms with van der Waals surface area (Å²) in [6.45, 7) is 0. The Morgan fingerprint density at radius 1 is 1.00 bits per heavy atom. The highest BCUT2D eigenvalue weighted by Crippen LogP contribution is 2.29. The van der Waals surface area contributed by atoms with Crippen LogP contribution in [0.15, 0.2) is 41.3 Å². The first-order valence-corrected chi connectivity index (χ1v) is 4.13. The average molecular weight is 176 g/mol. The SMILES string of the molecule is Oc1ccc2ccccc2c1S. The molecule has 0 atom stereocenters. The van der Waals surface area contributed by atoms with Gasteiger partial charge in [0.2, 0.25) is 0 Å². The fraction of sp³-hybridized carbons (Fsp3) is 0. The maximum Gasteiger partial charge on any atom is 0.129 e. The highest BCUT2D eigenvalue weighted by molar-refractivity contribution is 7.80. The van der Waals surface area contributed by atoms with Gasteiger partial charge >= 0.3 is 0 Å². The number of hydrogen-bond acceptors (Lipinski definition) is 2. The van der Waals surface area contributed by atoms with Crippen LogP contribution in [0.1, 0.15) is 0 Å². The van der Waals surface area contributed by atoms with Crippen molar-refractivity contribution in [1.82, 2.24) is 0 Å². The zero-order valence-corrected chi connectivity index (χ0v) is 7.25. The second-order valence-corrected chi connectivity index (χ2v) is 3.10. The van der Waals surface area contributed by atoms with Crippen LogP contribution in [0.5, 0.6) is 5.75 Å². The van der Waals surface area contributed by atoms with E-state index in [1.54, 1.807) is 6.07 Å². The van der Waals surface area contributed by atoms with Gasteiger partial charge in [0.05, 0.1) is 4.90 Å². The van der Waals surface area contributed by atoms with E-state index in [0.717, 1.165) is 10.8 Å². The van der Waals surface area contributed by atoms with Crippen molar-refractivity contribution in [3.63, 3.8) is 0 Å². The summed E-state index contributed by atoms with van der Waals surface area (Å²) in [6.07, 6.45) is 0. The summed E-state index contributed by atoms with van der Waals surface area (Å²) in [5, 5.41) is 11.4.